The van der Waals surface area contributed by atoms with E-state index < -0.39 is 0 Å². The van der Waals surface area contributed by atoms with Crippen molar-refractivity contribution in [1.29, 1.82) is 0 Å². The molecule has 1 aliphatic heterocycles. The molecule has 33 heavy (non-hydrogen) atoms. The van der Waals surface area contributed by atoms with Crippen molar-refractivity contribution in [3.8, 4) is 0 Å². The molecule has 0 saturated carbocycles. The van der Waals surface area contributed by atoms with Crippen LogP contribution in [0.4, 0.5) is 0 Å². The quantitative estimate of drug-likeness (QED) is 0.522. The number of nitrogens with zero attached hydrogens (tertiary/aromatic N) is 3. The van der Waals surface area contributed by atoms with Gasteiger partial charge in [0.25, 0.3) is 5.56 Å². The molecule has 0 radical (unpaired) electrons. The van der Waals surface area contributed by atoms with E-state index in [0.717, 1.165) is 42.6 Å². The van der Waals surface area contributed by atoms with E-state index in [1.54, 1.807) is 4.68 Å². The molecule has 3 aromatic rings. The molecule has 174 valence electrons. The summed E-state index contributed by atoms with van der Waals surface area (Å²) in [5, 5.41) is 9.95. The maximum Gasteiger partial charge on any atom is 0.274 e. The number of methoxy groups -OCH3 is 1. The standard InChI is InChI=1S/C25H29ClN4O3/c1-33-17-24(31)27-12-14-29-13-4-5-20(29)16-30-25(32)22-7-3-2-6-21(22)23(28-30)15-18-8-10-19(26)11-9-18/h2-3,6-11,20H,4-5,12-17H2,1H3,(H,27,31)/t20-/m1/s1. The van der Waals surface area contributed by atoms with Crippen LogP contribution in [0.5, 0.6) is 0 Å². The van der Waals surface area contributed by atoms with Crippen LogP contribution in [0.15, 0.2) is 53.3 Å². The minimum Gasteiger partial charge on any atom is -0.375 e. The smallest absolute Gasteiger partial charge is 0.274 e. The van der Waals surface area contributed by atoms with Gasteiger partial charge >= 0.3 is 0 Å². The number of benzene rings is 2. The molecule has 1 fully saturated rings. The van der Waals surface area contributed by atoms with Gasteiger partial charge in [-0.1, -0.05) is 41.9 Å². The molecule has 0 unspecified atom stereocenters. The maximum absolute atomic E-state index is 13.2. The predicted octanol–water partition coefficient (Wildman–Crippen LogP) is 2.87. The van der Waals surface area contributed by atoms with Crippen LogP contribution in [0, 0.1) is 0 Å². The summed E-state index contributed by atoms with van der Waals surface area (Å²) in [7, 11) is 1.51. The van der Waals surface area contributed by atoms with E-state index in [4.69, 9.17) is 21.4 Å². The zero-order valence-corrected chi connectivity index (χ0v) is 19.6. The lowest BCUT2D eigenvalue weighted by molar-refractivity contribution is -0.124. The fourth-order valence-corrected chi connectivity index (χ4v) is 4.60. The Balaban J connectivity index is 1.54. The second-order valence-electron chi connectivity index (χ2n) is 8.40. The molecule has 8 heteroatoms. The van der Waals surface area contributed by atoms with Crippen LogP contribution in [0.25, 0.3) is 10.8 Å². The monoisotopic (exact) mass is 468 g/mol. The molecule has 1 saturated heterocycles. The minimum atomic E-state index is -0.118. The molecule has 0 spiro atoms. The molecule has 1 N–H and O–H groups in total. The number of hydrogen-bond donors (Lipinski definition) is 1. The van der Waals surface area contributed by atoms with E-state index in [2.05, 4.69) is 10.2 Å². The van der Waals surface area contributed by atoms with Gasteiger partial charge in [-0.2, -0.15) is 5.10 Å². The second-order valence-corrected chi connectivity index (χ2v) is 8.83. The fraction of sp³-hybridized carbons (Fsp3) is 0.400. The van der Waals surface area contributed by atoms with Crippen molar-refractivity contribution in [3.63, 3.8) is 0 Å². The number of likely N-dealkylation sites (tertiary alicyclic amines) is 1. The maximum atomic E-state index is 13.2. The van der Waals surface area contributed by atoms with Crippen molar-refractivity contribution in [2.45, 2.75) is 31.8 Å². The Morgan fingerprint density at radius 2 is 1.94 bits per heavy atom. The number of carbonyl (C=O) groups excluding carboxylic acids is 1. The Morgan fingerprint density at radius 3 is 2.70 bits per heavy atom. The highest BCUT2D eigenvalue weighted by Crippen LogP contribution is 2.21. The lowest BCUT2D eigenvalue weighted by atomic mass is 10.0. The lowest BCUT2D eigenvalue weighted by Crippen LogP contribution is -2.42. The summed E-state index contributed by atoms with van der Waals surface area (Å²) in [5.41, 5.74) is 1.91. The van der Waals surface area contributed by atoms with Crippen LogP contribution in [0.3, 0.4) is 0 Å². The average Bonchev–Trinajstić information content (AvgIpc) is 3.25. The molecule has 1 amide bonds. The van der Waals surface area contributed by atoms with E-state index >= 15 is 0 Å². The predicted molar refractivity (Wildman–Crippen MR) is 130 cm³/mol. The van der Waals surface area contributed by atoms with Crippen molar-refractivity contribution in [2.75, 3.05) is 33.4 Å². The third kappa shape index (κ3) is 5.79. The zero-order valence-electron chi connectivity index (χ0n) is 18.8. The van der Waals surface area contributed by atoms with E-state index in [0.29, 0.717) is 29.9 Å². The highest BCUT2D eigenvalue weighted by molar-refractivity contribution is 6.30. The number of aromatic nitrogens is 2. The summed E-state index contributed by atoms with van der Waals surface area (Å²) in [6.07, 6.45) is 2.69. The first-order valence-electron chi connectivity index (χ1n) is 11.3. The molecule has 0 bridgehead atoms. The number of rotatable bonds is 9. The van der Waals surface area contributed by atoms with Gasteiger partial charge in [-0.3, -0.25) is 14.5 Å². The highest BCUT2D eigenvalue weighted by Gasteiger charge is 2.26. The number of fused-ring (bicyclic) bond motifs is 1. The van der Waals surface area contributed by atoms with E-state index in [1.807, 2.05) is 48.5 Å². The van der Waals surface area contributed by atoms with Crippen LogP contribution in [0.2, 0.25) is 5.02 Å². The summed E-state index contributed by atoms with van der Waals surface area (Å²) in [4.78, 5) is 27.2. The van der Waals surface area contributed by atoms with Crippen molar-refractivity contribution in [1.82, 2.24) is 20.0 Å². The molecule has 0 aliphatic carbocycles. The first-order valence-corrected chi connectivity index (χ1v) is 11.7. The van der Waals surface area contributed by atoms with Crippen molar-refractivity contribution in [2.24, 2.45) is 0 Å². The number of amides is 1. The molecular weight excluding hydrogens is 440 g/mol. The Morgan fingerprint density at radius 1 is 1.18 bits per heavy atom. The summed E-state index contributed by atoms with van der Waals surface area (Å²) in [5.74, 6) is -0.118. The molecule has 2 heterocycles. The summed E-state index contributed by atoms with van der Waals surface area (Å²) >= 11 is 6.04. The van der Waals surface area contributed by atoms with Crippen LogP contribution in [-0.4, -0.2) is 60.0 Å². The number of carbonyl (C=O) groups is 1. The lowest BCUT2D eigenvalue weighted by Gasteiger charge is -2.25. The summed E-state index contributed by atoms with van der Waals surface area (Å²) in [6.45, 7) is 2.84. The molecule has 1 aromatic heterocycles. The highest BCUT2D eigenvalue weighted by atomic mass is 35.5. The van der Waals surface area contributed by atoms with Gasteiger partial charge < -0.3 is 10.1 Å². The minimum absolute atomic E-state index is 0.0642. The van der Waals surface area contributed by atoms with Gasteiger partial charge in [-0.25, -0.2) is 4.68 Å². The van der Waals surface area contributed by atoms with Crippen molar-refractivity contribution < 1.29 is 9.53 Å². The average molecular weight is 469 g/mol. The largest absolute Gasteiger partial charge is 0.375 e. The summed E-state index contributed by atoms with van der Waals surface area (Å²) in [6, 6.07) is 15.6. The van der Waals surface area contributed by atoms with Gasteiger partial charge in [0.2, 0.25) is 5.91 Å². The Labute approximate surface area is 198 Å². The van der Waals surface area contributed by atoms with E-state index in [9.17, 15) is 9.59 Å². The molecule has 1 aliphatic rings. The SMILES string of the molecule is COCC(=O)NCCN1CCC[C@@H]1Cn1nc(Cc2ccc(Cl)cc2)c2ccccc2c1=O. The first-order chi connectivity index (χ1) is 16.0. The third-order valence-electron chi connectivity index (χ3n) is 6.11. The third-order valence-corrected chi connectivity index (χ3v) is 6.36. The van der Waals surface area contributed by atoms with E-state index in [1.165, 1.54) is 7.11 Å². The Bertz CT molecular complexity index is 1160. The number of hydrogen-bond acceptors (Lipinski definition) is 5. The Hall–Kier alpha value is -2.74. The van der Waals surface area contributed by atoms with Gasteiger partial charge in [0, 0.05) is 43.1 Å². The number of ether oxygens (including phenoxy) is 1. The molecule has 1 atom stereocenters. The van der Waals surface area contributed by atoms with Gasteiger partial charge in [-0.15, -0.1) is 0 Å². The van der Waals surface area contributed by atoms with Crippen LogP contribution < -0.4 is 10.9 Å². The molecule has 4 rings (SSSR count). The van der Waals surface area contributed by atoms with Crippen LogP contribution >= 0.6 is 11.6 Å². The molecule has 2 aromatic carbocycles. The zero-order chi connectivity index (χ0) is 23.2. The molecule has 7 nitrogen and oxygen atoms in total. The van der Waals surface area contributed by atoms with Crippen molar-refractivity contribution >= 4 is 28.3 Å². The Kier molecular flexibility index (Phi) is 7.75. The molecular formula is C25H29ClN4O3. The topological polar surface area (TPSA) is 76.5 Å². The fourth-order valence-electron chi connectivity index (χ4n) is 4.47. The normalized spacial score (nSPS) is 16.4. The number of nitrogens with one attached hydrogen (secondary N) is 1. The van der Waals surface area contributed by atoms with Gasteiger partial charge in [0.15, 0.2) is 0 Å². The van der Waals surface area contributed by atoms with Crippen LogP contribution in [-0.2, 0) is 22.5 Å². The van der Waals surface area contributed by atoms with E-state index in [-0.39, 0.29) is 24.1 Å². The van der Waals surface area contributed by atoms with Crippen LogP contribution in [0.1, 0.15) is 24.1 Å². The van der Waals surface area contributed by atoms with Gasteiger partial charge in [0.05, 0.1) is 17.6 Å². The summed E-state index contributed by atoms with van der Waals surface area (Å²) < 4.78 is 6.48. The van der Waals surface area contributed by atoms with Gasteiger partial charge in [0.1, 0.15) is 6.61 Å². The van der Waals surface area contributed by atoms with Gasteiger partial charge in [-0.05, 0) is 43.1 Å². The number of halogens is 1. The first kappa shape index (κ1) is 23.4. The second kappa shape index (κ2) is 10.9. The van der Waals surface area contributed by atoms with Crippen molar-refractivity contribution in [3.05, 3.63) is 75.2 Å².